The number of carboxylic acid groups (broad SMARTS) is 1. The van der Waals surface area contributed by atoms with Gasteiger partial charge in [-0.05, 0) is 30.5 Å². The highest BCUT2D eigenvalue weighted by atomic mass is 35.5. The molecule has 1 rings (SSSR count). The van der Waals surface area contributed by atoms with Crippen LogP contribution in [0.25, 0.3) is 0 Å². The largest absolute Gasteiger partial charge is 0.481 e. The van der Waals surface area contributed by atoms with Gasteiger partial charge in [0.15, 0.2) is 0 Å². The predicted molar refractivity (Wildman–Crippen MR) is 78.4 cm³/mol. The van der Waals surface area contributed by atoms with E-state index in [9.17, 15) is 9.59 Å². The highest BCUT2D eigenvalue weighted by Gasteiger charge is 2.03. The highest BCUT2D eigenvalue weighted by Crippen LogP contribution is 2.21. The van der Waals surface area contributed by atoms with E-state index in [-0.39, 0.29) is 19.0 Å². The number of hydrogen-bond donors (Lipinski definition) is 3. The van der Waals surface area contributed by atoms with E-state index in [1.807, 2.05) is 6.07 Å². The number of carboxylic acids is 1. The Morgan fingerprint density at radius 3 is 2.50 bits per heavy atom. The van der Waals surface area contributed by atoms with Gasteiger partial charge in [0.25, 0.3) is 0 Å². The molecule has 0 bridgehead atoms. The van der Waals surface area contributed by atoms with Crippen LogP contribution in [0.15, 0.2) is 18.2 Å². The molecule has 0 heterocycles. The lowest BCUT2D eigenvalue weighted by molar-refractivity contribution is -0.136. The molecular weight excluding hydrogens is 303 g/mol. The number of hydrogen-bond acceptors (Lipinski definition) is 2. The zero-order chi connectivity index (χ0) is 15.0. The molecule has 0 aliphatic carbocycles. The summed E-state index contributed by atoms with van der Waals surface area (Å²) in [4.78, 5) is 21.5. The van der Waals surface area contributed by atoms with Crippen LogP contribution in [-0.4, -0.2) is 30.2 Å². The third-order valence-electron chi connectivity index (χ3n) is 2.55. The summed E-state index contributed by atoms with van der Waals surface area (Å²) in [6.07, 6.45) is 1.37. The molecule has 0 unspecified atom stereocenters. The van der Waals surface area contributed by atoms with Gasteiger partial charge >= 0.3 is 12.0 Å². The Morgan fingerprint density at radius 1 is 1.15 bits per heavy atom. The molecular formula is C13H16Cl2N2O3. The zero-order valence-corrected chi connectivity index (χ0v) is 12.3. The Morgan fingerprint density at radius 2 is 1.85 bits per heavy atom. The second-order valence-electron chi connectivity index (χ2n) is 4.17. The summed E-state index contributed by atoms with van der Waals surface area (Å²) < 4.78 is 0. The number of halogens is 2. The fourth-order valence-electron chi connectivity index (χ4n) is 1.55. The molecule has 0 aromatic heterocycles. The van der Waals surface area contributed by atoms with Gasteiger partial charge in [-0.25, -0.2) is 4.79 Å². The molecule has 5 nitrogen and oxygen atoms in total. The highest BCUT2D eigenvalue weighted by molar-refractivity contribution is 6.35. The summed E-state index contributed by atoms with van der Waals surface area (Å²) in [5, 5.41) is 14.7. The number of carbonyl (C=O) groups excluding carboxylic acids is 1. The Kier molecular flexibility index (Phi) is 7.18. The number of aliphatic carboxylic acids is 1. The molecule has 110 valence electrons. The molecule has 2 amide bonds. The summed E-state index contributed by atoms with van der Waals surface area (Å²) in [7, 11) is 0. The molecule has 0 radical (unpaired) electrons. The van der Waals surface area contributed by atoms with E-state index in [2.05, 4.69) is 10.6 Å². The van der Waals surface area contributed by atoms with Crippen molar-refractivity contribution < 1.29 is 14.7 Å². The van der Waals surface area contributed by atoms with Gasteiger partial charge in [0.1, 0.15) is 0 Å². The maximum atomic E-state index is 11.3. The summed E-state index contributed by atoms with van der Waals surface area (Å²) in [6.45, 7) is 0.599. The van der Waals surface area contributed by atoms with Crippen molar-refractivity contribution in [2.75, 3.05) is 13.1 Å². The van der Waals surface area contributed by atoms with Crippen molar-refractivity contribution in [2.45, 2.75) is 19.3 Å². The molecule has 0 spiro atoms. The van der Waals surface area contributed by atoms with Crippen LogP contribution in [0, 0.1) is 0 Å². The van der Waals surface area contributed by atoms with Gasteiger partial charge < -0.3 is 15.7 Å². The molecule has 0 saturated heterocycles. The average Bonchev–Trinajstić information content (AvgIpc) is 2.36. The second-order valence-corrected chi connectivity index (χ2v) is 5.01. The summed E-state index contributed by atoms with van der Waals surface area (Å²) in [5.41, 5.74) is 0.976. The number of nitrogens with one attached hydrogen (secondary N) is 2. The maximum absolute atomic E-state index is 11.3. The minimum atomic E-state index is -0.942. The van der Waals surface area contributed by atoms with Crippen LogP contribution in [0.5, 0.6) is 0 Å². The summed E-state index contributed by atoms with van der Waals surface area (Å²) in [6, 6.07) is 4.95. The molecule has 20 heavy (non-hydrogen) atoms. The van der Waals surface area contributed by atoms with Crippen molar-refractivity contribution in [3.63, 3.8) is 0 Å². The van der Waals surface area contributed by atoms with E-state index in [4.69, 9.17) is 28.3 Å². The first-order valence-electron chi connectivity index (χ1n) is 6.16. The van der Waals surface area contributed by atoms with Crippen molar-refractivity contribution in [2.24, 2.45) is 0 Å². The fraction of sp³-hybridized carbons (Fsp3) is 0.385. The van der Waals surface area contributed by atoms with Gasteiger partial charge in [-0.15, -0.1) is 0 Å². The third-order valence-corrected chi connectivity index (χ3v) is 3.13. The quantitative estimate of drug-likeness (QED) is 0.676. The van der Waals surface area contributed by atoms with Crippen LogP contribution in [0.1, 0.15) is 18.4 Å². The van der Waals surface area contributed by atoms with Crippen molar-refractivity contribution >= 4 is 35.2 Å². The standard InChI is InChI=1S/C13H16Cl2N2O3/c14-10-4-3-9(11(15)8-10)2-1-6-16-13(20)17-7-5-12(18)19/h3-4,8H,1-2,5-7H2,(H,18,19)(H2,16,17,20). The molecule has 0 atom stereocenters. The maximum Gasteiger partial charge on any atom is 0.314 e. The van der Waals surface area contributed by atoms with E-state index >= 15 is 0 Å². The zero-order valence-electron chi connectivity index (χ0n) is 10.8. The number of carbonyl (C=O) groups is 2. The number of rotatable bonds is 7. The third kappa shape index (κ3) is 6.63. The molecule has 0 aliphatic heterocycles. The normalized spacial score (nSPS) is 10.1. The fourth-order valence-corrected chi connectivity index (χ4v) is 2.05. The molecule has 0 aliphatic rings. The lowest BCUT2D eigenvalue weighted by Gasteiger charge is -2.07. The van der Waals surface area contributed by atoms with Crippen LogP contribution >= 0.6 is 23.2 Å². The first-order chi connectivity index (χ1) is 9.49. The van der Waals surface area contributed by atoms with E-state index in [0.717, 1.165) is 18.4 Å². The Hall–Kier alpha value is -1.46. The van der Waals surface area contributed by atoms with Crippen LogP contribution < -0.4 is 10.6 Å². The van der Waals surface area contributed by atoms with Gasteiger partial charge in [0, 0.05) is 23.1 Å². The number of benzene rings is 1. The number of urea groups is 1. The molecule has 7 heteroatoms. The molecule has 0 fully saturated rings. The van der Waals surface area contributed by atoms with E-state index in [0.29, 0.717) is 16.6 Å². The Bertz CT molecular complexity index is 481. The van der Waals surface area contributed by atoms with E-state index < -0.39 is 5.97 Å². The second kappa shape index (κ2) is 8.66. The van der Waals surface area contributed by atoms with Crippen molar-refractivity contribution in [1.29, 1.82) is 0 Å². The first kappa shape index (κ1) is 16.6. The van der Waals surface area contributed by atoms with Gasteiger partial charge in [0.2, 0.25) is 0 Å². The van der Waals surface area contributed by atoms with Crippen molar-refractivity contribution in [3.05, 3.63) is 33.8 Å². The molecule has 3 N–H and O–H groups in total. The topological polar surface area (TPSA) is 78.4 Å². The smallest absolute Gasteiger partial charge is 0.314 e. The minimum absolute atomic E-state index is 0.0895. The predicted octanol–water partition coefficient (Wildman–Crippen LogP) is 2.70. The SMILES string of the molecule is O=C(O)CCNC(=O)NCCCc1ccc(Cl)cc1Cl. The lowest BCUT2D eigenvalue weighted by Crippen LogP contribution is -2.37. The minimum Gasteiger partial charge on any atom is -0.481 e. The van der Waals surface area contributed by atoms with Crippen LogP contribution in [0.3, 0.4) is 0 Å². The first-order valence-corrected chi connectivity index (χ1v) is 6.92. The van der Waals surface area contributed by atoms with Gasteiger partial charge in [0.05, 0.1) is 6.42 Å². The monoisotopic (exact) mass is 318 g/mol. The van der Waals surface area contributed by atoms with Gasteiger partial charge in [-0.2, -0.15) is 0 Å². The van der Waals surface area contributed by atoms with Crippen LogP contribution in [0.2, 0.25) is 10.0 Å². The van der Waals surface area contributed by atoms with Crippen molar-refractivity contribution in [3.8, 4) is 0 Å². The number of amides is 2. The van der Waals surface area contributed by atoms with E-state index in [1.165, 1.54) is 0 Å². The van der Waals surface area contributed by atoms with Gasteiger partial charge in [-0.1, -0.05) is 29.3 Å². The van der Waals surface area contributed by atoms with Crippen molar-refractivity contribution in [1.82, 2.24) is 10.6 Å². The number of aryl methyl sites for hydroxylation is 1. The molecule has 0 saturated carbocycles. The molecule has 1 aromatic carbocycles. The Balaban J connectivity index is 2.18. The van der Waals surface area contributed by atoms with E-state index in [1.54, 1.807) is 12.1 Å². The average molecular weight is 319 g/mol. The molecule has 1 aromatic rings. The van der Waals surface area contributed by atoms with Crippen LogP contribution in [0.4, 0.5) is 4.79 Å². The summed E-state index contributed by atoms with van der Waals surface area (Å²) in [5.74, 6) is -0.942. The van der Waals surface area contributed by atoms with Gasteiger partial charge in [-0.3, -0.25) is 4.79 Å². The lowest BCUT2D eigenvalue weighted by atomic mass is 10.1. The summed E-state index contributed by atoms with van der Waals surface area (Å²) >= 11 is 11.8. The van der Waals surface area contributed by atoms with Crippen LogP contribution in [-0.2, 0) is 11.2 Å². The Labute approximate surface area is 127 Å².